The zero-order chi connectivity index (χ0) is 67.2. The van der Waals surface area contributed by atoms with Crippen molar-refractivity contribution in [1.29, 1.82) is 0 Å². The van der Waals surface area contributed by atoms with Crippen molar-refractivity contribution in [3.05, 3.63) is 350 Å². The molecule has 0 spiro atoms. The van der Waals surface area contributed by atoms with Crippen LogP contribution in [0, 0.1) is 63.4 Å². The zero-order valence-electron chi connectivity index (χ0n) is 56.2. The van der Waals surface area contributed by atoms with Gasteiger partial charge in [0.2, 0.25) is 25.3 Å². The van der Waals surface area contributed by atoms with Crippen LogP contribution >= 0.6 is 0 Å². The minimum atomic E-state index is 0. The molecule has 0 atom stereocenters. The zero-order valence-corrected chi connectivity index (χ0v) is 62.5. The molecule has 12 heterocycles. The fraction of sp³-hybridized carbons (Fsp3) is 0.125. The normalized spacial score (nSPS) is 10.5. The van der Waals surface area contributed by atoms with E-state index in [4.69, 9.17) is 19.9 Å². The molecule has 18 nitrogen and oxygen atoms in total. The minimum absolute atomic E-state index is 0. The Morgan fingerprint density at radius 2 is 0.735 bits per heavy atom. The molecule has 16 rings (SSSR count). The summed E-state index contributed by atoms with van der Waals surface area (Å²) in [7, 11) is 7.76. The first-order valence-electron chi connectivity index (χ1n) is 31.7. The fourth-order valence-electron chi connectivity index (χ4n) is 10.7. The van der Waals surface area contributed by atoms with Crippen LogP contribution in [0.15, 0.2) is 244 Å². The molecule has 0 radical (unpaired) electrons. The van der Waals surface area contributed by atoms with E-state index in [1.807, 2.05) is 274 Å². The maximum Gasteiger partial charge on any atom is 0.244 e. The Balaban J connectivity index is 0.000000156. The van der Waals surface area contributed by atoms with Crippen LogP contribution in [0.3, 0.4) is 0 Å². The Hall–Kier alpha value is -10.1. The van der Waals surface area contributed by atoms with Crippen LogP contribution in [-0.2, 0) is 136 Å². The molecule has 102 heavy (non-hydrogen) atoms. The maximum atomic E-state index is 4.74. The number of imidazole rings is 5. The number of aryl methyl sites for hydroxylation is 6. The van der Waals surface area contributed by atoms with E-state index in [0.29, 0.717) is 12.8 Å². The van der Waals surface area contributed by atoms with Gasteiger partial charge in [-0.2, -0.15) is 28.6 Å². The molecule has 12 aromatic heterocycles. The van der Waals surface area contributed by atoms with Crippen molar-refractivity contribution >= 4 is 0 Å². The van der Waals surface area contributed by atoms with Crippen LogP contribution in [0.1, 0.15) is 56.4 Å². The van der Waals surface area contributed by atoms with Crippen molar-refractivity contribution in [2.24, 2.45) is 28.2 Å². The summed E-state index contributed by atoms with van der Waals surface area (Å²) >= 11 is 0. The second-order valence-corrected chi connectivity index (χ2v) is 23.3. The summed E-state index contributed by atoms with van der Waals surface area (Å²) in [6, 6.07) is 72.3. The van der Waals surface area contributed by atoms with Gasteiger partial charge in [0, 0.05) is 160 Å². The van der Waals surface area contributed by atoms with Gasteiger partial charge in [0.1, 0.15) is 23.3 Å². The van der Waals surface area contributed by atoms with E-state index in [1.165, 1.54) is 0 Å². The number of hydrogen-bond acceptors (Lipinski definition) is 6. The van der Waals surface area contributed by atoms with Gasteiger partial charge < -0.3 is 66.7 Å². The molecule has 0 aliphatic rings. The van der Waals surface area contributed by atoms with Gasteiger partial charge in [0.15, 0.2) is 0 Å². The monoisotopic (exact) mass is 1700 g/mol. The van der Waals surface area contributed by atoms with Crippen molar-refractivity contribution in [1.82, 2.24) is 68.3 Å². The van der Waals surface area contributed by atoms with E-state index >= 15 is 0 Å². The second-order valence-electron chi connectivity index (χ2n) is 23.3. The van der Waals surface area contributed by atoms with Gasteiger partial charge in [-0.1, -0.05) is 49.4 Å². The number of rotatable bonds is 16. The second kappa shape index (κ2) is 36.5. The van der Waals surface area contributed by atoms with Crippen molar-refractivity contribution in [2.75, 3.05) is 0 Å². The molecule has 22 heteroatoms. The van der Waals surface area contributed by atoms with Gasteiger partial charge in [0.05, 0.1) is 28.2 Å². The molecule has 524 valence electrons. The third kappa shape index (κ3) is 20.6. The summed E-state index contributed by atoms with van der Waals surface area (Å²) in [6.07, 6.45) is 36.2. The first kappa shape index (κ1) is 76.1. The number of nitrogens with zero attached hydrogens (tertiary/aromatic N) is 18. The topological polar surface area (TPSA) is 169 Å². The number of pyridine rings is 4. The summed E-state index contributed by atoms with van der Waals surface area (Å²) in [5.41, 5.74) is 17.8. The number of aromatic nitrogens is 18. The molecule has 0 saturated heterocycles. The average molecular weight is 1710 g/mol. The number of benzene rings is 4. The molecule has 0 aliphatic carbocycles. The molecule has 0 amide bonds. The van der Waals surface area contributed by atoms with Crippen LogP contribution < -0.4 is 38.3 Å². The standard InChI is InChI=1S/C21H18N4.C20H17N5.C20H16N4.C19H15N5.4Pd/c1-16-9-10-20(22-16)18-6-3-5-17(13-18)14-19-7-4-8-21(23-19)25-12-11-24(2)15-25;1-15-11-19(23-22-15)17-6-3-5-16(12-17)13-18-7-4-8-20(21-18)25-10-9-24(2)14-25;1-23-11-12-24(15-23)20-9-3-7-18(22-20)14-16-5-2-6-17(13-16)19-8-4-10-21-19;1-23-8-9-24(14-23)19-7-3-6-17(22-19)11-15-4-2-5-16(10-15)18-12-20-13-21-18;;;;/h3-12H,14H2,1-2H3;3-11H,13H2,1-2H3;2-12H,14H2,1H3;2-9,12-13H,11H2,1H3;;;;/q4*-2;;;;. The Kier molecular flexibility index (Phi) is 27.3. The number of hydrogen-bond donors (Lipinski definition) is 0. The smallest absolute Gasteiger partial charge is 0.244 e. The summed E-state index contributed by atoms with van der Waals surface area (Å²) in [5.74, 6) is 3.43. The summed E-state index contributed by atoms with van der Waals surface area (Å²) < 4.78 is 15.0. The molecule has 0 saturated carbocycles. The molecule has 0 N–H and O–H groups in total. The quantitative estimate of drug-likeness (QED) is 0.0516. The molecule has 16 aromatic rings. The van der Waals surface area contributed by atoms with E-state index in [9.17, 15) is 0 Å². The van der Waals surface area contributed by atoms with Gasteiger partial charge in [0.25, 0.3) is 0 Å². The van der Waals surface area contributed by atoms with Crippen molar-refractivity contribution < 1.29 is 100.0 Å². The summed E-state index contributed by atoms with van der Waals surface area (Å²) in [6.45, 7) is 3.94. The first-order valence-corrected chi connectivity index (χ1v) is 31.7. The molecule has 0 aliphatic heterocycles. The fourth-order valence-corrected chi connectivity index (χ4v) is 10.7. The van der Waals surface area contributed by atoms with E-state index in [-0.39, 0.29) is 81.7 Å². The molecule has 0 bridgehead atoms. The molecular formula is C80H66N18Pd4-8. The van der Waals surface area contributed by atoms with Gasteiger partial charge in [-0.15, -0.1) is 155 Å². The van der Waals surface area contributed by atoms with Crippen LogP contribution in [0.5, 0.6) is 0 Å². The summed E-state index contributed by atoms with van der Waals surface area (Å²) in [4.78, 5) is 36.0. The van der Waals surface area contributed by atoms with Crippen LogP contribution in [-0.4, -0.2) is 48.3 Å². The predicted molar refractivity (Wildman–Crippen MR) is 367 cm³/mol. The van der Waals surface area contributed by atoms with Gasteiger partial charge in [-0.25, -0.2) is 17.1 Å². The van der Waals surface area contributed by atoms with Crippen LogP contribution in [0.2, 0.25) is 0 Å². The van der Waals surface area contributed by atoms with E-state index < -0.39 is 0 Å². The van der Waals surface area contributed by atoms with E-state index in [1.54, 1.807) is 18.7 Å². The predicted octanol–water partition coefficient (Wildman–Crippen LogP) is 9.45. The van der Waals surface area contributed by atoms with E-state index in [2.05, 4.69) is 110 Å². The minimum Gasteiger partial charge on any atom is -0.708 e. The van der Waals surface area contributed by atoms with Crippen molar-refractivity contribution in [2.45, 2.75) is 39.5 Å². The largest absolute Gasteiger partial charge is 0.708 e. The van der Waals surface area contributed by atoms with Crippen molar-refractivity contribution in [3.8, 4) is 68.3 Å². The van der Waals surface area contributed by atoms with Gasteiger partial charge in [-0.3, -0.25) is 19.9 Å². The molecule has 0 unspecified atom stereocenters. The summed E-state index contributed by atoms with van der Waals surface area (Å²) in [5, 5.41) is 8.25. The third-order valence-electron chi connectivity index (χ3n) is 15.4. The molecule has 0 fully saturated rings. The van der Waals surface area contributed by atoms with Gasteiger partial charge >= 0.3 is 0 Å². The maximum absolute atomic E-state index is 4.74. The Labute approximate surface area is 649 Å². The first-order chi connectivity index (χ1) is 47.9. The van der Waals surface area contributed by atoms with Crippen LogP contribution in [0.25, 0.3) is 68.3 Å². The van der Waals surface area contributed by atoms with E-state index in [0.717, 1.165) is 138 Å². The third-order valence-corrected chi connectivity index (χ3v) is 15.4. The van der Waals surface area contributed by atoms with Gasteiger partial charge in [-0.05, 0) is 81.1 Å². The van der Waals surface area contributed by atoms with Crippen LogP contribution in [0.4, 0.5) is 0 Å². The Morgan fingerprint density at radius 1 is 0.373 bits per heavy atom. The molecular weight excluding hydrogens is 1640 g/mol. The molecule has 4 aromatic carbocycles. The SMILES string of the molecule is C[n+]1[c-]n(-c2cccc(Cc3[c-]c(-c4ccc[n-]4)ccc3)n2)cc1.C[n+]1[c-]n(-c2cccc(Cc3[c-]c(-c4cnc[n-]4)ccc3)n2)cc1.Cc1cc(-c2[c-]c(Cc3cccc(-n4[c-][n+](C)cc4)n3)ccc2)[n-]n1.Cc1ccc(-c2[c-]c(Cc3cccc(-n4[c-][n+](C)cc4)n3)ccc2)[n-]1.[Pd].[Pd].[Pd].[Pd]. The Bertz CT molecular complexity index is 4760. The average Bonchev–Trinajstić information content (AvgIpc) is 1.45. The Morgan fingerprint density at radius 3 is 1.04 bits per heavy atom. The van der Waals surface area contributed by atoms with Crippen molar-refractivity contribution in [3.63, 3.8) is 0 Å².